The fourth-order valence-electron chi connectivity index (χ4n) is 2.97. The molecule has 1 aromatic heterocycles. The van der Waals surface area contributed by atoms with Crippen molar-refractivity contribution in [1.82, 2.24) is 4.98 Å². The lowest BCUT2D eigenvalue weighted by Gasteiger charge is -2.12. The molecule has 2 aromatic carbocycles. The monoisotopic (exact) mass is 453 g/mol. The van der Waals surface area contributed by atoms with Crippen LogP contribution in [0.5, 0.6) is 17.2 Å². The molecule has 0 spiro atoms. The van der Waals surface area contributed by atoms with Gasteiger partial charge in [0.15, 0.2) is 11.5 Å². The number of hydrogen-bond donors (Lipinski definition) is 0. The number of hydrogen-bond acceptors (Lipinski definition) is 6. The standard InChI is InChI=1S/C22H19F4NO5/c1-2-29-17-6-4-3-5-13(17)9-16(28)11-15-12-30-20(27-15)14-7-8-18(31-21(23)24)19(10-14)32-22(25)26/h3-8,10,12,21-22H,2,9,11H2,1H3. The Hall–Kier alpha value is -3.56. The summed E-state index contributed by atoms with van der Waals surface area (Å²) in [5.41, 5.74) is 1.25. The van der Waals surface area contributed by atoms with Gasteiger partial charge in [0.2, 0.25) is 5.89 Å². The molecule has 0 fully saturated rings. The van der Waals surface area contributed by atoms with E-state index in [1.807, 2.05) is 13.0 Å². The number of nitrogens with zero attached hydrogens (tertiary/aromatic N) is 1. The molecule has 0 bridgehead atoms. The summed E-state index contributed by atoms with van der Waals surface area (Å²) in [6.45, 7) is -4.15. The van der Waals surface area contributed by atoms with Crippen LogP contribution in [-0.4, -0.2) is 30.6 Å². The summed E-state index contributed by atoms with van der Waals surface area (Å²) >= 11 is 0. The van der Waals surface area contributed by atoms with Crippen molar-refractivity contribution in [1.29, 1.82) is 0 Å². The summed E-state index contributed by atoms with van der Waals surface area (Å²) in [6.07, 6.45) is 1.36. The Bertz CT molecular complexity index is 1050. The van der Waals surface area contributed by atoms with E-state index in [0.29, 0.717) is 18.1 Å². The van der Waals surface area contributed by atoms with E-state index in [2.05, 4.69) is 14.5 Å². The van der Waals surface area contributed by atoms with Crippen LogP contribution >= 0.6 is 0 Å². The van der Waals surface area contributed by atoms with Crippen LogP contribution in [-0.2, 0) is 17.6 Å². The molecular formula is C22H19F4NO5. The molecule has 0 aliphatic carbocycles. The van der Waals surface area contributed by atoms with Gasteiger partial charge in [0.05, 0.1) is 18.7 Å². The number of Topliss-reactive ketones (excluding diaryl/α,β-unsaturated/α-hetero) is 1. The Morgan fingerprint density at radius 2 is 1.69 bits per heavy atom. The zero-order chi connectivity index (χ0) is 23.1. The van der Waals surface area contributed by atoms with Gasteiger partial charge in [0.1, 0.15) is 17.8 Å². The topological polar surface area (TPSA) is 70.8 Å². The van der Waals surface area contributed by atoms with Crippen molar-refractivity contribution in [3.8, 4) is 28.7 Å². The summed E-state index contributed by atoms with van der Waals surface area (Å²) in [5, 5.41) is 0. The SMILES string of the molecule is CCOc1ccccc1CC(=O)Cc1coc(-c2ccc(OC(F)F)c(OC(F)F)c2)n1. The number of para-hydroxylation sites is 1. The van der Waals surface area contributed by atoms with Gasteiger partial charge in [-0.2, -0.15) is 17.6 Å². The molecule has 3 rings (SSSR count). The van der Waals surface area contributed by atoms with E-state index < -0.39 is 24.7 Å². The highest BCUT2D eigenvalue weighted by atomic mass is 19.3. The average Bonchev–Trinajstić information content (AvgIpc) is 3.18. The molecule has 0 atom stereocenters. The van der Waals surface area contributed by atoms with Crippen molar-refractivity contribution in [2.45, 2.75) is 33.0 Å². The van der Waals surface area contributed by atoms with Gasteiger partial charge in [-0.15, -0.1) is 0 Å². The molecule has 0 saturated heterocycles. The van der Waals surface area contributed by atoms with Gasteiger partial charge in [-0.05, 0) is 31.2 Å². The Morgan fingerprint density at radius 1 is 0.969 bits per heavy atom. The second-order valence-corrected chi connectivity index (χ2v) is 6.50. The predicted octanol–water partition coefficient (Wildman–Crippen LogP) is 5.30. The highest BCUT2D eigenvalue weighted by molar-refractivity contribution is 5.83. The number of benzene rings is 2. The molecule has 0 N–H and O–H groups in total. The normalized spacial score (nSPS) is 11.1. The lowest BCUT2D eigenvalue weighted by molar-refractivity contribution is -0.117. The lowest BCUT2D eigenvalue weighted by atomic mass is 10.1. The quantitative estimate of drug-likeness (QED) is 0.367. The molecule has 0 unspecified atom stereocenters. The molecule has 0 saturated carbocycles. The van der Waals surface area contributed by atoms with Gasteiger partial charge in [-0.3, -0.25) is 4.79 Å². The molecule has 0 aliphatic rings. The van der Waals surface area contributed by atoms with E-state index in [-0.39, 0.29) is 30.1 Å². The van der Waals surface area contributed by atoms with Gasteiger partial charge in [-0.25, -0.2) is 4.98 Å². The van der Waals surface area contributed by atoms with E-state index in [1.165, 1.54) is 12.3 Å². The van der Waals surface area contributed by atoms with Crippen LogP contribution in [0.2, 0.25) is 0 Å². The summed E-state index contributed by atoms with van der Waals surface area (Å²) in [7, 11) is 0. The van der Waals surface area contributed by atoms with Crippen LogP contribution in [0.25, 0.3) is 11.5 Å². The highest BCUT2D eigenvalue weighted by Crippen LogP contribution is 2.34. The maximum atomic E-state index is 12.6. The zero-order valence-electron chi connectivity index (χ0n) is 16.9. The number of ketones is 1. The lowest BCUT2D eigenvalue weighted by Crippen LogP contribution is -2.08. The molecule has 0 aliphatic heterocycles. The largest absolute Gasteiger partial charge is 0.494 e. The van der Waals surface area contributed by atoms with Crippen LogP contribution in [0.1, 0.15) is 18.2 Å². The van der Waals surface area contributed by atoms with Crippen LogP contribution in [0.3, 0.4) is 0 Å². The minimum atomic E-state index is -3.25. The Morgan fingerprint density at radius 3 is 2.41 bits per heavy atom. The van der Waals surface area contributed by atoms with E-state index in [1.54, 1.807) is 18.2 Å². The van der Waals surface area contributed by atoms with Crippen molar-refractivity contribution >= 4 is 5.78 Å². The second-order valence-electron chi connectivity index (χ2n) is 6.50. The first-order valence-corrected chi connectivity index (χ1v) is 9.56. The molecule has 32 heavy (non-hydrogen) atoms. The number of carbonyl (C=O) groups is 1. The molecule has 0 radical (unpaired) electrons. The Labute approximate surface area is 180 Å². The van der Waals surface area contributed by atoms with Crippen molar-refractivity contribution < 1.29 is 41.0 Å². The number of alkyl halides is 4. The maximum Gasteiger partial charge on any atom is 0.387 e. The molecule has 170 valence electrons. The van der Waals surface area contributed by atoms with E-state index in [4.69, 9.17) is 9.15 Å². The third kappa shape index (κ3) is 6.22. The first-order chi connectivity index (χ1) is 15.4. The third-order valence-electron chi connectivity index (χ3n) is 4.21. The molecule has 0 amide bonds. The van der Waals surface area contributed by atoms with Crippen LogP contribution in [0.15, 0.2) is 53.1 Å². The number of carbonyl (C=O) groups excluding carboxylic acids is 1. The van der Waals surface area contributed by atoms with Crippen LogP contribution < -0.4 is 14.2 Å². The summed E-state index contributed by atoms with van der Waals surface area (Å²) < 4.78 is 69.5. The third-order valence-corrected chi connectivity index (χ3v) is 4.21. The fourth-order valence-corrected chi connectivity index (χ4v) is 2.97. The fraction of sp³-hybridized carbons (Fsp3) is 0.273. The summed E-state index contributed by atoms with van der Waals surface area (Å²) in [4.78, 5) is 16.7. The summed E-state index contributed by atoms with van der Waals surface area (Å²) in [5.74, 6) is -0.661. The minimum absolute atomic E-state index is 0.00484. The summed E-state index contributed by atoms with van der Waals surface area (Å²) in [6, 6.07) is 10.6. The molecule has 3 aromatic rings. The maximum absolute atomic E-state index is 12.6. The van der Waals surface area contributed by atoms with Gasteiger partial charge in [0.25, 0.3) is 0 Å². The van der Waals surface area contributed by atoms with Crippen molar-refractivity contribution in [3.05, 3.63) is 60.0 Å². The number of rotatable bonds is 11. The first-order valence-electron chi connectivity index (χ1n) is 9.56. The highest BCUT2D eigenvalue weighted by Gasteiger charge is 2.18. The number of halogens is 4. The first kappa shape index (κ1) is 23.1. The van der Waals surface area contributed by atoms with Gasteiger partial charge < -0.3 is 18.6 Å². The smallest absolute Gasteiger partial charge is 0.387 e. The van der Waals surface area contributed by atoms with Crippen molar-refractivity contribution in [2.75, 3.05) is 6.61 Å². The number of ether oxygens (including phenoxy) is 3. The molecule has 1 heterocycles. The van der Waals surface area contributed by atoms with Crippen molar-refractivity contribution in [2.24, 2.45) is 0 Å². The van der Waals surface area contributed by atoms with Crippen LogP contribution in [0.4, 0.5) is 17.6 Å². The van der Waals surface area contributed by atoms with E-state index >= 15 is 0 Å². The number of oxazole rings is 1. The minimum Gasteiger partial charge on any atom is -0.494 e. The average molecular weight is 453 g/mol. The molecule has 6 nitrogen and oxygen atoms in total. The Kier molecular flexibility index (Phi) is 7.69. The zero-order valence-corrected chi connectivity index (χ0v) is 16.9. The molecule has 10 heteroatoms. The van der Waals surface area contributed by atoms with E-state index in [0.717, 1.165) is 17.7 Å². The number of aromatic nitrogens is 1. The Balaban J connectivity index is 1.73. The van der Waals surface area contributed by atoms with E-state index in [9.17, 15) is 22.4 Å². The predicted molar refractivity (Wildman–Crippen MR) is 105 cm³/mol. The van der Waals surface area contributed by atoms with Crippen LogP contribution in [0, 0.1) is 0 Å². The van der Waals surface area contributed by atoms with Gasteiger partial charge >= 0.3 is 13.2 Å². The second kappa shape index (κ2) is 10.7. The molecular weight excluding hydrogens is 434 g/mol. The van der Waals surface area contributed by atoms with Gasteiger partial charge in [0, 0.05) is 17.5 Å². The van der Waals surface area contributed by atoms with Gasteiger partial charge in [-0.1, -0.05) is 18.2 Å². The van der Waals surface area contributed by atoms with Crippen molar-refractivity contribution in [3.63, 3.8) is 0 Å².